The van der Waals surface area contributed by atoms with Crippen molar-refractivity contribution in [3.63, 3.8) is 0 Å². The van der Waals surface area contributed by atoms with E-state index in [0.29, 0.717) is 5.69 Å². The number of thioether (sulfide) groups is 1. The minimum Gasteiger partial charge on any atom is -0.322 e. The van der Waals surface area contributed by atoms with Crippen LogP contribution in [-0.4, -0.2) is 25.7 Å². The molecule has 1 amide bonds. The van der Waals surface area contributed by atoms with Crippen LogP contribution in [0.3, 0.4) is 0 Å². The molecule has 2 aromatic carbocycles. The van der Waals surface area contributed by atoms with Crippen molar-refractivity contribution in [2.75, 3.05) is 5.32 Å². The van der Waals surface area contributed by atoms with Crippen molar-refractivity contribution in [3.8, 4) is 5.69 Å². The zero-order chi connectivity index (χ0) is 19.5. The maximum atomic E-state index is 12.7. The normalized spacial score (nSPS) is 12.1. The Morgan fingerprint density at radius 3 is 2.61 bits per heavy atom. The number of imidazole rings is 1. The monoisotopic (exact) mass is 408 g/mol. The number of halogens is 1. The molecule has 0 aliphatic heterocycles. The number of amides is 1. The van der Waals surface area contributed by atoms with E-state index in [9.17, 15) is 4.79 Å². The molecule has 4 aromatic rings. The minimum atomic E-state index is -0.379. The van der Waals surface area contributed by atoms with Crippen LogP contribution in [0.2, 0.25) is 5.15 Å². The fourth-order valence-corrected chi connectivity index (χ4v) is 3.94. The second-order valence-corrected chi connectivity index (χ2v) is 7.81. The lowest BCUT2D eigenvalue weighted by Crippen LogP contribution is -2.23. The first-order valence-electron chi connectivity index (χ1n) is 8.74. The summed E-state index contributed by atoms with van der Waals surface area (Å²) in [7, 11) is 0. The number of benzene rings is 2. The van der Waals surface area contributed by atoms with E-state index in [0.717, 1.165) is 21.9 Å². The van der Waals surface area contributed by atoms with Gasteiger partial charge in [-0.15, -0.1) is 0 Å². The molecule has 28 heavy (non-hydrogen) atoms. The number of pyridine rings is 1. The largest absolute Gasteiger partial charge is 0.322 e. The zero-order valence-corrected chi connectivity index (χ0v) is 16.6. The fraction of sp³-hybridized carbons (Fsp3) is 0.0952. The molecule has 4 rings (SSSR count). The van der Waals surface area contributed by atoms with Gasteiger partial charge in [-0.1, -0.05) is 53.7 Å². The van der Waals surface area contributed by atoms with Gasteiger partial charge in [0.05, 0.1) is 22.0 Å². The van der Waals surface area contributed by atoms with E-state index in [1.54, 1.807) is 18.3 Å². The zero-order valence-electron chi connectivity index (χ0n) is 15.0. The summed E-state index contributed by atoms with van der Waals surface area (Å²) in [5.74, 6) is -0.161. The van der Waals surface area contributed by atoms with E-state index in [1.165, 1.54) is 11.8 Å². The van der Waals surface area contributed by atoms with Crippen molar-refractivity contribution >= 4 is 46.0 Å². The minimum absolute atomic E-state index is 0.161. The number of carbonyl (C=O) groups excluding carboxylic acids is 1. The Balaban J connectivity index is 1.64. The van der Waals surface area contributed by atoms with Crippen LogP contribution < -0.4 is 5.32 Å². The summed E-state index contributed by atoms with van der Waals surface area (Å²) < 4.78 is 2.07. The van der Waals surface area contributed by atoms with Crippen LogP contribution in [0.15, 0.2) is 78.1 Å². The molecule has 0 bridgehead atoms. The number of hydrogen-bond donors (Lipinski definition) is 1. The highest BCUT2D eigenvalue weighted by Crippen LogP contribution is 2.31. The van der Waals surface area contributed by atoms with Crippen LogP contribution in [0.4, 0.5) is 5.69 Å². The lowest BCUT2D eigenvalue weighted by Gasteiger charge is -2.14. The van der Waals surface area contributed by atoms with E-state index in [1.807, 2.05) is 61.5 Å². The van der Waals surface area contributed by atoms with Crippen molar-refractivity contribution in [2.24, 2.45) is 0 Å². The highest BCUT2D eigenvalue weighted by atomic mass is 35.5. The molecule has 140 valence electrons. The molecule has 0 aliphatic rings. The van der Waals surface area contributed by atoms with Crippen LogP contribution >= 0.6 is 23.4 Å². The summed E-state index contributed by atoms with van der Waals surface area (Å²) in [4.78, 5) is 21.4. The van der Waals surface area contributed by atoms with Gasteiger partial charge in [0.15, 0.2) is 10.3 Å². The summed E-state index contributed by atoms with van der Waals surface area (Å²) in [6.07, 6.45) is 1.58. The van der Waals surface area contributed by atoms with Crippen LogP contribution in [0, 0.1) is 0 Å². The number of anilines is 1. The molecule has 1 unspecified atom stereocenters. The van der Waals surface area contributed by atoms with E-state index in [2.05, 4.69) is 14.9 Å². The first kappa shape index (κ1) is 18.5. The van der Waals surface area contributed by atoms with Gasteiger partial charge in [0.2, 0.25) is 5.91 Å². The van der Waals surface area contributed by atoms with Gasteiger partial charge in [0.1, 0.15) is 0 Å². The Morgan fingerprint density at radius 1 is 1.07 bits per heavy atom. The van der Waals surface area contributed by atoms with Gasteiger partial charge in [-0.2, -0.15) is 0 Å². The van der Waals surface area contributed by atoms with Gasteiger partial charge >= 0.3 is 0 Å². The number of fused-ring (bicyclic) bond motifs is 1. The molecule has 5 nitrogen and oxygen atoms in total. The highest BCUT2D eigenvalue weighted by Gasteiger charge is 2.21. The Morgan fingerprint density at radius 2 is 1.82 bits per heavy atom. The topological polar surface area (TPSA) is 59.8 Å². The Kier molecular flexibility index (Phi) is 5.32. The molecule has 0 fully saturated rings. The van der Waals surface area contributed by atoms with Crippen molar-refractivity contribution in [3.05, 3.63) is 78.1 Å². The molecule has 0 saturated heterocycles. The van der Waals surface area contributed by atoms with Gasteiger partial charge in [-0.25, -0.2) is 9.97 Å². The molecule has 0 spiro atoms. The summed E-state index contributed by atoms with van der Waals surface area (Å²) in [5.41, 5.74) is 3.38. The summed E-state index contributed by atoms with van der Waals surface area (Å²) in [6, 6.07) is 21.4. The van der Waals surface area contributed by atoms with Gasteiger partial charge in [-0.05, 0) is 43.3 Å². The maximum Gasteiger partial charge on any atom is 0.237 e. The third-order valence-electron chi connectivity index (χ3n) is 4.21. The number of nitrogens with one attached hydrogen (secondary N) is 1. The van der Waals surface area contributed by atoms with E-state index in [-0.39, 0.29) is 16.3 Å². The van der Waals surface area contributed by atoms with Gasteiger partial charge in [0.25, 0.3) is 0 Å². The molecular formula is C21H17ClN4OS. The molecule has 2 aromatic heterocycles. The first-order chi connectivity index (χ1) is 13.6. The second kappa shape index (κ2) is 8.04. The summed E-state index contributed by atoms with van der Waals surface area (Å²) in [5, 5.41) is 3.48. The Labute approximate surface area is 171 Å². The van der Waals surface area contributed by atoms with Gasteiger partial charge in [-0.3, -0.25) is 9.36 Å². The number of nitrogens with zero attached hydrogens (tertiary/aromatic N) is 3. The lowest BCUT2D eigenvalue weighted by atomic mass is 10.3. The molecule has 1 atom stereocenters. The Bertz CT molecular complexity index is 1130. The second-order valence-electron chi connectivity index (χ2n) is 6.15. The summed E-state index contributed by atoms with van der Waals surface area (Å²) in [6.45, 7) is 1.85. The molecule has 0 saturated carbocycles. The molecule has 2 heterocycles. The molecule has 7 heteroatoms. The third kappa shape index (κ3) is 3.74. The van der Waals surface area contributed by atoms with Gasteiger partial charge in [0, 0.05) is 11.9 Å². The quantitative estimate of drug-likeness (QED) is 0.364. The van der Waals surface area contributed by atoms with E-state index >= 15 is 0 Å². The van der Waals surface area contributed by atoms with Crippen molar-refractivity contribution in [1.82, 2.24) is 14.5 Å². The lowest BCUT2D eigenvalue weighted by molar-refractivity contribution is -0.115. The predicted octanol–water partition coefficient (Wildman–Crippen LogP) is 5.19. The van der Waals surface area contributed by atoms with Crippen LogP contribution in [-0.2, 0) is 4.79 Å². The molecule has 0 radical (unpaired) electrons. The SMILES string of the molecule is CC(Sc1nc2ccccc2n1-c1ccccc1)C(=O)Nc1cccnc1Cl. The first-order valence-corrected chi connectivity index (χ1v) is 10.00. The van der Waals surface area contributed by atoms with Crippen LogP contribution in [0.1, 0.15) is 6.92 Å². The standard InChI is InChI=1S/C21H17ClN4OS/c1-14(20(27)24-17-11-7-13-23-19(17)22)28-21-25-16-10-5-6-12-18(16)26(21)15-8-3-2-4-9-15/h2-14H,1H3,(H,24,27). The smallest absolute Gasteiger partial charge is 0.237 e. The number of para-hydroxylation sites is 3. The summed E-state index contributed by atoms with van der Waals surface area (Å²) >= 11 is 7.44. The van der Waals surface area contributed by atoms with E-state index < -0.39 is 0 Å². The average molecular weight is 409 g/mol. The van der Waals surface area contributed by atoms with Gasteiger partial charge < -0.3 is 5.32 Å². The number of carbonyl (C=O) groups is 1. The Hall–Kier alpha value is -2.83. The molecule has 1 N–H and O–H groups in total. The molecule has 0 aliphatic carbocycles. The maximum absolute atomic E-state index is 12.7. The number of aromatic nitrogens is 3. The predicted molar refractivity (Wildman–Crippen MR) is 114 cm³/mol. The van der Waals surface area contributed by atoms with Crippen molar-refractivity contribution < 1.29 is 4.79 Å². The van der Waals surface area contributed by atoms with E-state index in [4.69, 9.17) is 16.6 Å². The number of rotatable bonds is 5. The van der Waals surface area contributed by atoms with Crippen molar-refractivity contribution in [1.29, 1.82) is 0 Å². The number of hydrogen-bond acceptors (Lipinski definition) is 4. The fourth-order valence-electron chi connectivity index (χ4n) is 2.83. The third-order valence-corrected chi connectivity index (χ3v) is 5.57. The highest BCUT2D eigenvalue weighted by molar-refractivity contribution is 8.00. The van der Waals surface area contributed by atoms with Crippen LogP contribution in [0.25, 0.3) is 16.7 Å². The van der Waals surface area contributed by atoms with Crippen molar-refractivity contribution in [2.45, 2.75) is 17.3 Å². The molecular weight excluding hydrogens is 392 g/mol. The van der Waals surface area contributed by atoms with Crippen LogP contribution in [0.5, 0.6) is 0 Å². The average Bonchev–Trinajstić information content (AvgIpc) is 3.08.